The van der Waals surface area contributed by atoms with Crippen LogP contribution in [-0.2, 0) is 19.3 Å². The molecule has 0 radical (unpaired) electrons. The van der Waals surface area contributed by atoms with Crippen molar-refractivity contribution in [1.29, 1.82) is 0 Å². The number of aromatic amines is 1. The van der Waals surface area contributed by atoms with E-state index in [9.17, 15) is 0 Å². The van der Waals surface area contributed by atoms with Crippen molar-refractivity contribution < 1.29 is 0 Å². The molecular formula is C16H19N. The average Bonchev–Trinajstić information content (AvgIpc) is 2.79. The third-order valence-corrected chi connectivity index (χ3v) is 3.89. The molecule has 1 N–H and O–H groups in total. The molecule has 1 aromatic carbocycles. The number of hydrogen-bond acceptors (Lipinski definition) is 0. The Kier molecular flexibility index (Phi) is 2.76. The first-order valence-corrected chi connectivity index (χ1v) is 6.52. The molecule has 0 bridgehead atoms. The van der Waals surface area contributed by atoms with Gasteiger partial charge in [-0.2, -0.15) is 0 Å². The number of aryl methyl sites for hydroxylation is 2. The van der Waals surface area contributed by atoms with Gasteiger partial charge in [-0.15, -0.1) is 0 Å². The molecule has 17 heavy (non-hydrogen) atoms. The van der Waals surface area contributed by atoms with Crippen molar-refractivity contribution in [1.82, 2.24) is 4.98 Å². The number of fused-ring (bicyclic) bond motifs is 1. The SMILES string of the molecule is Cc1ccc(CC2CCc3cc[nH]c3C2)cc1. The quantitative estimate of drug-likeness (QED) is 0.802. The summed E-state index contributed by atoms with van der Waals surface area (Å²) in [5.41, 5.74) is 5.83. The predicted octanol–water partition coefficient (Wildman–Crippen LogP) is 3.67. The molecule has 1 aliphatic rings. The van der Waals surface area contributed by atoms with Crippen LogP contribution in [0.3, 0.4) is 0 Å². The fourth-order valence-corrected chi connectivity index (χ4v) is 2.84. The minimum Gasteiger partial charge on any atom is -0.365 e. The maximum Gasteiger partial charge on any atom is 0.0182 e. The van der Waals surface area contributed by atoms with E-state index in [4.69, 9.17) is 0 Å². The Bertz CT molecular complexity index is 492. The van der Waals surface area contributed by atoms with E-state index in [0.717, 1.165) is 5.92 Å². The second kappa shape index (κ2) is 4.40. The maximum atomic E-state index is 3.38. The van der Waals surface area contributed by atoms with Crippen molar-refractivity contribution in [2.45, 2.75) is 32.6 Å². The Morgan fingerprint density at radius 2 is 2.00 bits per heavy atom. The van der Waals surface area contributed by atoms with Crippen molar-refractivity contribution in [3.63, 3.8) is 0 Å². The van der Waals surface area contributed by atoms with Crippen LogP contribution in [0.2, 0.25) is 0 Å². The highest BCUT2D eigenvalue weighted by Gasteiger charge is 2.19. The summed E-state index contributed by atoms with van der Waals surface area (Å²) >= 11 is 0. The molecule has 1 heteroatoms. The molecule has 1 heterocycles. The van der Waals surface area contributed by atoms with Crippen LogP contribution < -0.4 is 0 Å². The van der Waals surface area contributed by atoms with E-state index in [-0.39, 0.29) is 0 Å². The lowest BCUT2D eigenvalue weighted by molar-refractivity contribution is 0.452. The van der Waals surface area contributed by atoms with Crippen molar-refractivity contribution in [2.75, 3.05) is 0 Å². The Morgan fingerprint density at radius 1 is 1.18 bits per heavy atom. The summed E-state index contributed by atoms with van der Waals surface area (Å²) in [7, 11) is 0. The Balaban J connectivity index is 1.69. The molecule has 2 aromatic rings. The van der Waals surface area contributed by atoms with Crippen molar-refractivity contribution in [3.05, 3.63) is 58.9 Å². The highest BCUT2D eigenvalue weighted by Crippen LogP contribution is 2.27. The van der Waals surface area contributed by atoms with E-state index in [0.29, 0.717) is 0 Å². The van der Waals surface area contributed by atoms with Crippen LogP contribution in [0, 0.1) is 12.8 Å². The zero-order valence-electron chi connectivity index (χ0n) is 10.4. The normalized spacial score (nSPS) is 19.0. The number of H-pyrrole nitrogens is 1. The van der Waals surface area contributed by atoms with Crippen LogP contribution in [0.5, 0.6) is 0 Å². The van der Waals surface area contributed by atoms with Gasteiger partial charge in [-0.25, -0.2) is 0 Å². The minimum atomic E-state index is 0.809. The van der Waals surface area contributed by atoms with E-state index in [1.54, 1.807) is 0 Å². The maximum absolute atomic E-state index is 3.38. The summed E-state index contributed by atoms with van der Waals surface area (Å²) in [6.45, 7) is 2.15. The largest absolute Gasteiger partial charge is 0.365 e. The third-order valence-electron chi connectivity index (χ3n) is 3.89. The summed E-state index contributed by atoms with van der Waals surface area (Å²) in [6, 6.07) is 11.2. The van der Waals surface area contributed by atoms with Gasteiger partial charge in [0.25, 0.3) is 0 Å². The third kappa shape index (κ3) is 2.28. The summed E-state index contributed by atoms with van der Waals surface area (Å²) < 4.78 is 0. The Labute approximate surface area is 103 Å². The Hall–Kier alpha value is -1.50. The van der Waals surface area contributed by atoms with Crippen LogP contribution in [0.4, 0.5) is 0 Å². The second-order valence-corrected chi connectivity index (χ2v) is 5.28. The van der Waals surface area contributed by atoms with E-state index in [1.165, 1.54) is 48.1 Å². The number of nitrogens with one attached hydrogen (secondary N) is 1. The van der Waals surface area contributed by atoms with Gasteiger partial charge in [-0.3, -0.25) is 0 Å². The zero-order valence-corrected chi connectivity index (χ0v) is 10.4. The molecule has 0 amide bonds. The summed E-state index contributed by atoms with van der Waals surface area (Å²) in [4.78, 5) is 3.38. The Morgan fingerprint density at radius 3 is 2.82 bits per heavy atom. The van der Waals surface area contributed by atoms with Crippen LogP contribution in [-0.4, -0.2) is 4.98 Å². The zero-order chi connectivity index (χ0) is 11.7. The second-order valence-electron chi connectivity index (χ2n) is 5.28. The first kappa shape index (κ1) is 10.6. The van der Waals surface area contributed by atoms with Crippen LogP contribution in [0.25, 0.3) is 0 Å². The van der Waals surface area contributed by atoms with Gasteiger partial charge < -0.3 is 4.98 Å². The van der Waals surface area contributed by atoms with Gasteiger partial charge in [0.15, 0.2) is 0 Å². The highest BCUT2D eigenvalue weighted by molar-refractivity contribution is 5.26. The topological polar surface area (TPSA) is 15.8 Å². The van der Waals surface area contributed by atoms with Crippen LogP contribution >= 0.6 is 0 Å². The summed E-state index contributed by atoms with van der Waals surface area (Å²) in [5.74, 6) is 0.809. The van der Waals surface area contributed by atoms with Crippen LogP contribution in [0.1, 0.15) is 28.8 Å². The lowest BCUT2D eigenvalue weighted by Gasteiger charge is -2.22. The fraction of sp³-hybridized carbons (Fsp3) is 0.375. The molecule has 1 unspecified atom stereocenters. The molecule has 0 saturated carbocycles. The van der Waals surface area contributed by atoms with Crippen LogP contribution in [0.15, 0.2) is 36.5 Å². The molecule has 1 aromatic heterocycles. The van der Waals surface area contributed by atoms with E-state index in [2.05, 4.69) is 48.4 Å². The first-order chi connectivity index (χ1) is 8.31. The lowest BCUT2D eigenvalue weighted by Crippen LogP contribution is -2.15. The van der Waals surface area contributed by atoms with E-state index < -0.39 is 0 Å². The molecule has 88 valence electrons. The summed E-state index contributed by atoms with van der Waals surface area (Å²) in [5, 5.41) is 0. The monoisotopic (exact) mass is 225 g/mol. The van der Waals surface area contributed by atoms with Crippen molar-refractivity contribution in [2.24, 2.45) is 5.92 Å². The standard InChI is InChI=1S/C16H19N/c1-12-2-4-13(5-3-12)10-14-6-7-15-8-9-17-16(15)11-14/h2-5,8-9,14,17H,6-7,10-11H2,1H3. The number of rotatable bonds is 2. The van der Waals surface area contributed by atoms with E-state index >= 15 is 0 Å². The molecule has 0 aliphatic heterocycles. The van der Waals surface area contributed by atoms with Crippen molar-refractivity contribution >= 4 is 0 Å². The van der Waals surface area contributed by atoms with Gasteiger partial charge in [0, 0.05) is 11.9 Å². The van der Waals surface area contributed by atoms with Gasteiger partial charge in [0.2, 0.25) is 0 Å². The first-order valence-electron chi connectivity index (χ1n) is 6.52. The van der Waals surface area contributed by atoms with Gasteiger partial charge in [0.1, 0.15) is 0 Å². The molecule has 0 saturated heterocycles. The molecule has 3 rings (SSSR count). The number of hydrogen-bond donors (Lipinski definition) is 1. The molecule has 1 atom stereocenters. The molecule has 0 fully saturated rings. The predicted molar refractivity (Wildman–Crippen MR) is 71.2 cm³/mol. The van der Waals surface area contributed by atoms with Gasteiger partial charge in [-0.1, -0.05) is 29.8 Å². The fourth-order valence-electron chi connectivity index (χ4n) is 2.84. The smallest absolute Gasteiger partial charge is 0.0182 e. The molecule has 1 aliphatic carbocycles. The highest BCUT2D eigenvalue weighted by atomic mass is 14.7. The van der Waals surface area contributed by atoms with Gasteiger partial charge >= 0.3 is 0 Å². The van der Waals surface area contributed by atoms with Gasteiger partial charge in [0.05, 0.1) is 0 Å². The van der Waals surface area contributed by atoms with Crippen molar-refractivity contribution in [3.8, 4) is 0 Å². The molecule has 1 nitrogen and oxygen atoms in total. The molecular weight excluding hydrogens is 206 g/mol. The van der Waals surface area contributed by atoms with Gasteiger partial charge in [-0.05, 0) is 55.7 Å². The average molecular weight is 225 g/mol. The lowest BCUT2D eigenvalue weighted by atomic mass is 9.84. The van der Waals surface area contributed by atoms with E-state index in [1.807, 2.05) is 0 Å². The number of aromatic nitrogens is 1. The molecule has 0 spiro atoms. The minimum absolute atomic E-state index is 0.809. The summed E-state index contributed by atoms with van der Waals surface area (Å²) in [6.07, 6.45) is 7.10. The number of benzene rings is 1.